The Hall–Kier alpha value is -4.20. The molecule has 0 bridgehead atoms. The number of anilines is 1. The lowest BCUT2D eigenvalue weighted by Crippen LogP contribution is -2.37. The van der Waals surface area contributed by atoms with Crippen molar-refractivity contribution in [1.82, 2.24) is 10.5 Å². The standard InChI is InChI=1S/C28H27F5N4O5/c1-34-27(36-40-15-38)24-21(29)12-17(13-22(24)30)37-10-8-18(9-11-37)39-14-20-25(35-42-26(20)16-6-7-16)19-4-2-3-5-23(19)41-28(31,32)33/h2-5,12-13,15-16,18H,6-11,14H2,1H3,(H,34,36). The molecule has 2 fully saturated rings. The third kappa shape index (κ3) is 6.64. The summed E-state index contributed by atoms with van der Waals surface area (Å²) < 4.78 is 84.7. The minimum Gasteiger partial charge on any atom is -0.405 e. The molecule has 1 aliphatic carbocycles. The van der Waals surface area contributed by atoms with Crippen molar-refractivity contribution in [3.05, 3.63) is 64.9 Å². The van der Waals surface area contributed by atoms with Crippen molar-refractivity contribution in [2.45, 2.75) is 50.7 Å². The van der Waals surface area contributed by atoms with Gasteiger partial charge in [0.05, 0.1) is 18.3 Å². The fraction of sp³-hybridized carbons (Fsp3) is 0.393. The Balaban J connectivity index is 1.27. The first-order valence-electron chi connectivity index (χ1n) is 13.2. The number of aromatic nitrogens is 1. The second-order valence-corrected chi connectivity index (χ2v) is 9.87. The summed E-state index contributed by atoms with van der Waals surface area (Å²) in [5.74, 6) is -1.69. The van der Waals surface area contributed by atoms with Crippen molar-refractivity contribution in [2.24, 2.45) is 5.16 Å². The van der Waals surface area contributed by atoms with Crippen LogP contribution in [-0.2, 0) is 21.0 Å². The van der Waals surface area contributed by atoms with Crippen LogP contribution in [0.15, 0.2) is 46.1 Å². The molecular formula is C28H27F5N4O5. The lowest BCUT2D eigenvalue weighted by Gasteiger charge is -2.33. The molecule has 224 valence electrons. The van der Waals surface area contributed by atoms with E-state index in [0.717, 1.165) is 12.8 Å². The first kappa shape index (κ1) is 29.3. The highest BCUT2D eigenvalue weighted by molar-refractivity contribution is 5.99. The molecule has 5 rings (SSSR count). The van der Waals surface area contributed by atoms with E-state index in [1.807, 2.05) is 4.90 Å². The van der Waals surface area contributed by atoms with Crippen molar-refractivity contribution in [3.63, 3.8) is 0 Å². The zero-order valence-electron chi connectivity index (χ0n) is 22.4. The Morgan fingerprint density at radius 3 is 2.45 bits per heavy atom. The third-order valence-electron chi connectivity index (χ3n) is 7.09. The van der Waals surface area contributed by atoms with Crippen LogP contribution in [0.2, 0.25) is 0 Å². The van der Waals surface area contributed by atoms with E-state index < -0.39 is 23.6 Å². The summed E-state index contributed by atoms with van der Waals surface area (Å²) in [7, 11) is 1.38. The number of alkyl halides is 3. The zero-order valence-corrected chi connectivity index (χ0v) is 22.4. The molecular weight excluding hydrogens is 567 g/mol. The molecule has 1 aliphatic heterocycles. The number of hydrogen-bond donors (Lipinski definition) is 1. The van der Waals surface area contributed by atoms with Crippen LogP contribution in [-0.4, -0.2) is 50.1 Å². The predicted molar refractivity (Wildman–Crippen MR) is 140 cm³/mol. The van der Waals surface area contributed by atoms with E-state index in [1.54, 1.807) is 6.07 Å². The summed E-state index contributed by atoms with van der Waals surface area (Å²) in [6, 6.07) is 8.10. The van der Waals surface area contributed by atoms with Gasteiger partial charge in [-0.3, -0.25) is 4.79 Å². The lowest BCUT2D eigenvalue weighted by atomic mass is 10.0. The SMILES string of the molecule is CN/C(=N\OC=O)c1c(F)cc(N2CCC(OCc3c(-c4ccccc4OC(F)(F)F)noc3C3CC3)CC2)cc1F. The number of para-hydroxylation sites is 1. The molecule has 1 saturated carbocycles. The number of ether oxygens (including phenoxy) is 2. The molecule has 14 heteroatoms. The number of hydrogen-bond acceptors (Lipinski definition) is 8. The molecule has 2 heterocycles. The molecule has 1 aromatic heterocycles. The van der Waals surface area contributed by atoms with Gasteiger partial charge >= 0.3 is 12.8 Å². The minimum atomic E-state index is -4.87. The number of rotatable bonds is 10. The topological polar surface area (TPSA) is 98.4 Å². The molecule has 1 N–H and O–H groups in total. The number of carbonyl (C=O) groups is 1. The Morgan fingerprint density at radius 2 is 1.83 bits per heavy atom. The van der Waals surface area contributed by atoms with E-state index in [0.29, 0.717) is 42.9 Å². The molecule has 0 spiro atoms. The Labute approximate surface area is 237 Å². The second kappa shape index (κ2) is 12.3. The summed E-state index contributed by atoms with van der Waals surface area (Å²) in [5.41, 5.74) is 0.842. The second-order valence-electron chi connectivity index (χ2n) is 9.87. The highest BCUT2D eigenvalue weighted by atomic mass is 19.4. The summed E-state index contributed by atoms with van der Waals surface area (Å²) in [6.45, 7) is 0.991. The molecule has 0 atom stereocenters. The molecule has 3 aromatic rings. The molecule has 0 unspecified atom stereocenters. The first-order valence-corrected chi connectivity index (χ1v) is 13.2. The van der Waals surface area contributed by atoms with Crippen LogP contribution in [0.3, 0.4) is 0 Å². The van der Waals surface area contributed by atoms with Gasteiger partial charge in [0.25, 0.3) is 0 Å². The van der Waals surface area contributed by atoms with Crippen molar-refractivity contribution < 1.29 is 45.6 Å². The van der Waals surface area contributed by atoms with Gasteiger partial charge in [-0.15, -0.1) is 13.2 Å². The maximum absolute atomic E-state index is 14.8. The van der Waals surface area contributed by atoms with Crippen molar-refractivity contribution in [3.8, 4) is 17.0 Å². The zero-order chi connectivity index (χ0) is 29.9. The van der Waals surface area contributed by atoms with E-state index in [1.165, 1.54) is 37.4 Å². The van der Waals surface area contributed by atoms with Crippen LogP contribution in [0.25, 0.3) is 11.3 Å². The molecule has 1 saturated heterocycles. The molecule has 0 radical (unpaired) electrons. The van der Waals surface area contributed by atoms with Crippen molar-refractivity contribution in [2.75, 3.05) is 25.0 Å². The summed E-state index contributed by atoms with van der Waals surface area (Å²) in [6.07, 6.45) is -2.24. The highest BCUT2D eigenvalue weighted by Gasteiger charge is 2.36. The molecule has 42 heavy (non-hydrogen) atoms. The fourth-order valence-corrected chi connectivity index (χ4v) is 4.96. The Bertz CT molecular complexity index is 1430. The normalized spacial score (nSPS) is 16.4. The maximum Gasteiger partial charge on any atom is 0.573 e. The number of nitrogens with one attached hydrogen (secondary N) is 1. The molecule has 2 aromatic carbocycles. The number of amidine groups is 1. The van der Waals surface area contributed by atoms with E-state index in [9.17, 15) is 26.7 Å². The molecule has 0 amide bonds. The smallest absolute Gasteiger partial charge is 0.405 e. The number of piperidine rings is 1. The average molecular weight is 595 g/mol. The fourth-order valence-electron chi connectivity index (χ4n) is 4.96. The van der Waals surface area contributed by atoms with E-state index >= 15 is 0 Å². The maximum atomic E-state index is 14.8. The van der Waals surface area contributed by atoms with Gasteiger partial charge in [-0.2, -0.15) is 0 Å². The van der Waals surface area contributed by atoms with Gasteiger partial charge in [-0.05, 0) is 49.9 Å². The minimum absolute atomic E-state index is 0.0334. The molecule has 2 aliphatic rings. The Morgan fingerprint density at radius 1 is 1.14 bits per heavy atom. The van der Waals surface area contributed by atoms with Crippen LogP contribution >= 0.6 is 0 Å². The van der Waals surface area contributed by atoms with Crippen LogP contribution in [0.4, 0.5) is 27.6 Å². The van der Waals surface area contributed by atoms with Gasteiger partial charge in [0.2, 0.25) is 0 Å². The monoisotopic (exact) mass is 594 g/mol. The van der Waals surface area contributed by atoms with Crippen LogP contribution in [0.1, 0.15) is 48.5 Å². The number of nitrogens with zero attached hydrogens (tertiary/aromatic N) is 3. The summed E-state index contributed by atoms with van der Waals surface area (Å²) >= 11 is 0. The van der Waals surface area contributed by atoms with E-state index in [2.05, 4.69) is 25.2 Å². The third-order valence-corrected chi connectivity index (χ3v) is 7.09. The van der Waals surface area contributed by atoms with Crippen LogP contribution in [0, 0.1) is 11.6 Å². The number of oxime groups is 1. The van der Waals surface area contributed by atoms with Crippen LogP contribution in [0.5, 0.6) is 5.75 Å². The lowest BCUT2D eigenvalue weighted by molar-refractivity contribution is -0.274. The van der Waals surface area contributed by atoms with E-state index in [-0.39, 0.29) is 47.9 Å². The highest BCUT2D eigenvalue weighted by Crippen LogP contribution is 2.46. The van der Waals surface area contributed by atoms with Crippen molar-refractivity contribution >= 4 is 18.0 Å². The van der Waals surface area contributed by atoms with Gasteiger partial charge < -0.3 is 29.1 Å². The number of benzene rings is 2. The van der Waals surface area contributed by atoms with Gasteiger partial charge in [-0.1, -0.05) is 22.4 Å². The summed E-state index contributed by atoms with van der Waals surface area (Å²) in [4.78, 5) is 16.5. The Kier molecular flexibility index (Phi) is 8.61. The van der Waals surface area contributed by atoms with E-state index in [4.69, 9.17) is 9.26 Å². The van der Waals surface area contributed by atoms with Gasteiger partial charge in [0, 0.05) is 42.9 Å². The number of halogens is 5. The van der Waals surface area contributed by atoms with Gasteiger partial charge in [-0.25, -0.2) is 8.78 Å². The summed E-state index contributed by atoms with van der Waals surface area (Å²) in [5, 5.41) is 9.96. The number of carbonyl (C=O) groups excluding carboxylic acids is 1. The predicted octanol–water partition coefficient (Wildman–Crippen LogP) is 5.64. The van der Waals surface area contributed by atoms with Gasteiger partial charge in [0.1, 0.15) is 28.8 Å². The van der Waals surface area contributed by atoms with Crippen LogP contribution < -0.4 is 15.0 Å². The average Bonchev–Trinajstić information content (AvgIpc) is 3.72. The van der Waals surface area contributed by atoms with Crippen molar-refractivity contribution in [1.29, 1.82) is 0 Å². The largest absolute Gasteiger partial charge is 0.573 e. The quantitative estimate of drug-likeness (QED) is 0.0805. The first-order chi connectivity index (χ1) is 20.2. The van der Waals surface area contributed by atoms with Gasteiger partial charge in [0.15, 0.2) is 5.84 Å². The molecule has 9 nitrogen and oxygen atoms in total.